The molecule has 1 aliphatic heterocycles. The third kappa shape index (κ3) is 3.91. The smallest absolute Gasteiger partial charge is 0.281 e. The maximum atomic E-state index is 12.3. The molecule has 108 valence electrons. The lowest BCUT2D eigenvalue weighted by Crippen LogP contribution is -2.47. The third-order valence-corrected chi connectivity index (χ3v) is 5.77. The van der Waals surface area contributed by atoms with E-state index in [-0.39, 0.29) is 12.5 Å². The molecule has 0 aromatic carbocycles. The summed E-state index contributed by atoms with van der Waals surface area (Å²) in [7, 11) is -1.66. The molecule has 1 fully saturated rings. The lowest BCUT2D eigenvalue weighted by atomic mass is 10.00. The maximum absolute atomic E-state index is 12.3. The zero-order chi connectivity index (χ0) is 13.8. The van der Waals surface area contributed by atoms with E-state index in [1.54, 1.807) is 11.4 Å². The topological polar surface area (TPSA) is 60.9 Å². The summed E-state index contributed by atoms with van der Waals surface area (Å²) in [6.45, 7) is 5.91. The van der Waals surface area contributed by atoms with Crippen LogP contribution in [0.1, 0.15) is 33.1 Å². The average Bonchev–Trinajstić information content (AvgIpc) is 2.38. The second-order valence-corrected chi connectivity index (χ2v) is 7.36. The molecule has 1 unspecified atom stereocenters. The van der Waals surface area contributed by atoms with Crippen molar-refractivity contribution in [2.45, 2.75) is 33.1 Å². The van der Waals surface area contributed by atoms with E-state index in [9.17, 15) is 8.42 Å². The number of aliphatic hydroxyl groups is 1. The Kier molecular flexibility index (Phi) is 6.04. The molecular formula is C12H26N2O3S. The van der Waals surface area contributed by atoms with Crippen LogP contribution >= 0.6 is 0 Å². The Balaban J connectivity index is 2.58. The number of hydrogen-bond acceptors (Lipinski definition) is 3. The Morgan fingerprint density at radius 1 is 1.39 bits per heavy atom. The molecule has 0 saturated carbocycles. The molecule has 0 aromatic heterocycles. The first-order valence-electron chi connectivity index (χ1n) is 6.74. The maximum Gasteiger partial charge on any atom is 0.281 e. The van der Waals surface area contributed by atoms with Gasteiger partial charge in [-0.1, -0.05) is 20.3 Å². The first kappa shape index (κ1) is 15.9. The summed E-state index contributed by atoms with van der Waals surface area (Å²) in [6.07, 6.45) is 2.49. The van der Waals surface area contributed by atoms with Gasteiger partial charge in [0, 0.05) is 33.3 Å². The summed E-state index contributed by atoms with van der Waals surface area (Å²) >= 11 is 0. The molecule has 5 nitrogen and oxygen atoms in total. The molecule has 1 aliphatic rings. The molecule has 0 amide bonds. The first-order chi connectivity index (χ1) is 8.41. The zero-order valence-electron chi connectivity index (χ0n) is 11.7. The fourth-order valence-electron chi connectivity index (χ4n) is 2.18. The van der Waals surface area contributed by atoms with Crippen LogP contribution in [0.5, 0.6) is 0 Å². The summed E-state index contributed by atoms with van der Waals surface area (Å²) in [4.78, 5) is 0. The van der Waals surface area contributed by atoms with Gasteiger partial charge in [0.15, 0.2) is 0 Å². The second kappa shape index (κ2) is 6.84. The Labute approximate surface area is 111 Å². The minimum atomic E-state index is -3.31. The van der Waals surface area contributed by atoms with Crippen molar-refractivity contribution in [2.24, 2.45) is 11.8 Å². The van der Waals surface area contributed by atoms with Crippen LogP contribution in [-0.2, 0) is 10.2 Å². The summed E-state index contributed by atoms with van der Waals surface area (Å²) in [5, 5.41) is 9.06. The Hall–Kier alpha value is -0.170. The highest BCUT2D eigenvalue weighted by atomic mass is 32.2. The van der Waals surface area contributed by atoms with E-state index in [4.69, 9.17) is 5.11 Å². The number of aliphatic hydroxyl groups excluding tert-OH is 1. The zero-order valence-corrected chi connectivity index (χ0v) is 12.5. The third-order valence-electron chi connectivity index (χ3n) is 3.82. The summed E-state index contributed by atoms with van der Waals surface area (Å²) in [5.74, 6) is 0.635. The predicted molar refractivity (Wildman–Crippen MR) is 72.4 cm³/mol. The lowest BCUT2D eigenvalue weighted by Gasteiger charge is -2.33. The molecule has 18 heavy (non-hydrogen) atoms. The van der Waals surface area contributed by atoms with E-state index in [0.29, 0.717) is 25.6 Å². The van der Waals surface area contributed by atoms with Crippen LogP contribution in [0.2, 0.25) is 0 Å². The van der Waals surface area contributed by atoms with Crippen LogP contribution in [0.15, 0.2) is 0 Å². The minimum absolute atomic E-state index is 0.163. The highest BCUT2D eigenvalue weighted by molar-refractivity contribution is 7.86. The van der Waals surface area contributed by atoms with E-state index in [0.717, 1.165) is 19.3 Å². The van der Waals surface area contributed by atoms with Crippen molar-refractivity contribution in [2.75, 3.05) is 33.3 Å². The van der Waals surface area contributed by atoms with Gasteiger partial charge in [0.25, 0.3) is 10.2 Å². The Morgan fingerprint density at radius 2 is 1.94 bits per heavy atom. The van der Waals surface area contributed by atoms with E-state index in [2.05, 4.69) is 13.8 Å². The fourth-order valence-corrected chi connectivity index (χ4v) is 3.69. The highest BCUT2D eigenvalue weighted by Crippen LogP contribution is 2.21. The van der Waals surface area contributed by atoms with Crippen LogP contribution in [0.3, 0.4) is 0 Å². The highest BCUT2D eigenvalue weighted by Gasteiger charge is 2.31. The van der Waals surface area contributed by atoms with E-state index >= 15 is 0 Å². The summed E-state index contributed by atoms with van der Waals surface area (Å²) in [6, 6.07) is 0. The number of piperidine rings is 1. The normalized spacial score (nSPS) is 21.4. The van der Waals surface area contributed by atoms with Gasteiger partial charge in [-0.2, -0.15) is 17.0 Å². The molecule has 0 aliphatic carbocycles. The van der Waals surface area contributed by atoms with Gasteiger partial charge in [-0.05, 0) is 24.7 Å². The fraction of sp³-hybridized carbons (Fsp3) is 1.00. The van der Waals surface area contributed by atoms with Gasteiger partial charge in [0.1, 0.15) is 0 Å². The quantitative estimate of drug-likeness (QED) is 0.786. The van der Waals surface area contributed by atoms with Crippen LogP contribution < -0.4 is 0 Å². The molecule has 0 bridgehead atoms. The molecular weight excluding hydrogens is 252 g/mol. The van der Waals surface area contributed by atoms with Crippen molar-refractivity contribution >= 4 is 10.2 Å². The predicted octanol–water partition coefficient (Wildman–Crippen LogP) is 0.913. The van der Waals surface area contributed by atoms with Crippen molar-refractivity contribution in [3.63, 3.8) is 0 Å². The molecule has 0 spiro atoms. The largest absolute Gasteiger partial charge is 0.396 e. The molecule has 0 aromatic rings. The van der Waals surface area contributed by atoms with Crippen molar-refractivity contribution < 1.29 is 13.5 Å². The van der Waals surface area contributed by atoms with Gasteiger partial charge < -0.3 is 5.11 Å². The minimum Gasteiger partial charge on any atom is -0.396 e. The number of hydrogen-bond donors (Lipinski definition) is 1. The van der Waals surface area contributed by atoms with Crippen LogP contribution in [0.25, 0.3) is 0 Å². The van der Waals surface area contributed by atoms with Gasteiger partial charge in [0.2, 0.25) is 0 Å². The molecule has 1 atom stereocenters. The van der Waals surface area contributed by atoms with Gasteiger partial charge >= 0.3 is 0 Å². The van der Waals surface area contributed by atoms with Crippen LogP contribution in [-0.4, -0.2) is 55.4 Å². The van der Waals surface area contributed by atoms with Crippen LogP contribution in [0.4, 0.5) is 0 Å². The van der Waals surface area contributed by atoms with E-state index in [1.165, 1.54) is 4.31 Å². The summed E-state index contributed by atoms with van der Waals surface area (Å²) < 4.78 is 27.6. The molecule has 0 radical (unpaired) electrons. The second-order valence-electron chi connectivity index (χ2n) is 5.33. The van der Waals surface area contributed by atoms with Gasteiger partial charge in [-0.3, -0.25) is 0 Å². The van der Waals surface area contributed by atoms with Gasteiger partial charge in [0.05, 0.1) is 0 Å². The standard InChI is InChI=1S/C12H26N2O3S/c1-4-11(2)9-13(3)18(16,17)14-7-5-12(10-15)6-8-14/h11-12,15H,4-10H2,1-3H3. The van der Waals surface area contributed by atoms with Crippen molar-refractivity contribution in [1.29, 1.82) is 0 Å². The number of rotatable bonds is 6. The van der Waals surface area contributed by atoms with Crippen molar-refractivity contribution in [3.8, 4) is 0 Å². The van der Waals surface area contributed by atoms with E-state index < -0.39 is 10.2 Å². The molecule has 1 heterocycles. The molecule has 1 rings (SSSR count). The van der Waals surface area contributed by atoms with Crippen molar-refractivity contribution in [3.05, 3.63) is 0 Å². The Bertz CT molecular complexity index is 337. The average molecular weight is 278 g/mol. The molecule has 1 saturated heterocycles. The molecule has 6 heteroatoms. The van der Waals surface area contributed by atoms with E-state index in [1.807, 2.05) is 0 Å². The number of nitrogens with zero attached hydrogens (tertiary/aromatic N) is 2. The first-order valence-corrected chi connectivity index (χ1v) is 8.13. The van der Waals surface area contributed by atoms with Gasteiger partial charge in [-0.25, -0.2) is 0 Å². The SMILES string of the molecule is CCC(C)CN(C)S(=O)(=O)N1CCC(CO)CC1. The Morgan fingerprint density at radius 3 is 2.39 bits per heavy atom. The van der Waals surface area contributed by atoms with Crippen molar-refractivity contribution in [1.82, 2.24) is 8.61 Å². The van der Waals surface area contributed by atoms with Gasteiger partial charge in [-0.15, -0.1) is 0 Å². The monoisotopic (exact) mass is 278 g/mol. The van der Waals surface area contributed by atoms with Crippen LogP contribution in [0, 0.1) is 11.8 Å². The summed E-state index contributed by atoms with van der Waals surface area (Å²) in [5.41, 5.74) is 0. The lowest BCUT2D eigenvalue weighted by molar-refractivity contribution is 0.166. The molecule has 1 N–H and O–H groups in total.